The highest BCUT2D eigenvalue weighted by Crippen LogP contribution is 2.33. The lowest BCUT2D eigenvalue weighted by molar-refractivity contribution is 0.886. The Hall–Kier alpha value is -2.08. The molecule has 24 heavy (non-hydrogen) atoms. The van der Waals surface area contributed by atoms with E-state index in [9.17, 15) is 0 Å². The summed E-state index contributed by atoms with van der Waals surface area (Å²) in [6.45, 7) is 8.72. The van der Waals surface area contributed by atoms with Crippen molar-refractivity contribution in [2.75, 3.05) is 0 Å². The van der Waals surface area contributed by atoms with Gasteiger partial charge in [0.2, 0.25) is 0 Å². The van der Waals surface area contributed by atoms with Crippen LogP contribution in [-0.4, -0.2) is 0 Å². The van der Waals surface area contributed by atoms with Crippen molar-refractivity contribution in [1.29, 1.82) is 0 Å². The van der Waals surface area contributed by atoms with E-state index in [2.05, 4.69) is 88.4 Å². The first-order chi connectivity index (χ1) is 11.8. The van der Waals surface area contributed by atoms with Gasteiger partial charge in [-0.05, 0) is 32.3 Å². The van der Waals surface area contributed by atoms with E-state index in [-0.39, 0.29) is 0 Å². The van der Waals surface area contributed by atoms with Gasteiger partial charge < -0.3 is 0 Å². The summed E-state index contributed by atoms with van der Waals surface area (Å²) >= 11 is 0. The summed E-state index contributed by atoms with van der Waals surface area (Å²) in [5.74, 6) is 0. The summed E-state index contributed by atoms with van der Waals surface area (Å²) in [5.41, 5.74) is 0. The molecule has 0 amide bonds. The first kappa shape index (κ1) is 18.3. The number of benzene rings is 4. The van der Waals surface area contributed by atoms with Gasteiger partial charge in [-0.25, -0.2) is 0 Å². The zero-order valence-corrected chi connectivity index (χ0v) is 15.6. The summed E-state index contributed by atoms with van der Waals surface area (Å²) in [6, 6.07) is 21.9. The van der Waals surface area contributed by atoms with Gasteiger partial charge in [0.1, 0.15) is 0 Å². The number of rotatable bonds is 2. The van der Waals surface area contributed by atoms with E-state index in [4.69, 9.17) is 0 Å². The molecular formula is C24H30. The van der Waals surface area contributed by atoms with Crippen LogP contribution in [0.2, 0.25) is 0 Å². The molecule has 0 heteroatoms. The zero-order chi connectivity index (χ0) is 17.4. The van der Waals surface area contributed by atoms with Gasteiger partial charge in [0.05, 0.1) is 0 Å². The molecule has 0 aliphatic heterocycles. The fraction of sp³-hybridized carbons (Fsp3) is 0.333. The first-order valence-electron chi connectivity index (χ1n) is 9.39. The SMILES string of the molecule is CCCC.CCCC.c1cc2ccc3cccc4ccc(c1)c2c34. The number of unbranched alkanes of at least 4 members (excludes halogenated alkanes) is 2. The third-order valence-corrected chi connectivity index (χ3v) is 4.39. The van der Waals surface area contributed by atoms with E-state index in [0.29, 0.717) is 0 Å². The van der Waals surface area contributed by atoms with Crippen LogP contribution in [0.5, 0.6) is 0 Å². The Morgan fingerprint density at radius 2 is 0.667 bits per heavy atom. The van der Waals surface area contributed by atoms with E-state index >= 15 is 0 Å². The third-order valence-electron chi connectivity index (χ3n) is 4.39. The van der Waals surface area contributed by atoms with Crippen LogP contribution < -0.4 is 0 Å². The van der Waals surface area contributed by atoms with Crippen molar-refractivity contribution in [1.82, 2.24) is 0 Å². The quantitative estimate of drug-likeness (QED) is 0.327. The second-order valence-corrected chi connectivity index (χ2v) is 6.29. The van der Waals surface area contributed by atoms with E-state index in [0.717, 1.165) is 0 Å². The van der Waals surface area contributed by atoms with Crippen molar-refractivity contribution in [2.45, 2.75) is 53.4 Å². The Balaban J connectivity index is 0.000000223. The Labute approximate surface area is 146 Å². The van der Waals surface area contributed by atoms with Crippen LogP contribution in [-0.2, 0) is 0 Å². The van der Waals surface area contributed by atoms with Crippen molar-refractivity contribution in [3.8, 4) is 0 Å². The topological polar surface area (TPSA) is 0 Å². The van der Waals surface area contributed by atoms with Crippen LogP contribution >= 0.6 is 0 Å². The maximum absolute atomic E-state index is 2.21. The molecule has 0 unspecified atom stereocenters. The minimum absolute atomic E-state index is 1.32. The molecule has 0 atom stereocenters. The van der Waals surface area contributed by atoms with Crippen LogP contribution in [0.3, 0.4) is 0 Å². The van der Waals surface area contributed by atoms with Crippen LogP contribution in [0.1, 0.15) is 53.4 Å². The molecule has 0 aromatic heterocycles. The van der Waals surface area contributed by atoms with Gasteiger partial charge in [0, 0.05) is 0 Å². The Kier molecular flexibility index (Phi) is 7.06. The molecule has 0 fully saturated rings. The van der Waals surface area contributed by atoms with Gasteiger partial charge in [0.15, 0.2) is 0 Å². The van der Waals surface area contributed by atoms with Crippen molar-refractivity contribution in [2.24, 2.45) is 0 Å². The summed E-state index contributed by atoms with van der Waals surface area (Å²) in [4.78, 5) is 0. The van der Waals surface area contributed by atoms with Gasteiger partial charge in [-0.1, -0.05) is 114 Å². The van der Waals surface area contributed by atoms with E-state index in [1.807, 2.05) is 0 Å². The highest BCUT2D eigenvalue weighted by molar-refractivity contribution is 6.22. The van der Waals surface area contributed by atoms with Gasteiger partial charge in [0.25, 0.3) is 0 Å². The third kappa shape index (κ3) is 4.06. The predicted molar refractivity (Wildman–Crippen MR) is 111 cm³/mol. The molecule has 4 aromatic carbocycles. The highest BCUT2D eigenvalue weighted by atomic mass is 14.1. The standard InChI is InChI=1S/C16H10.2C4H10/c1-3-11-7-9-13-5-2-6-14-10-8-12(4-1)15(11)16(13)14;2*1-3-4-2/h1-10H;2*3-4H2,1-2H3. The maximum atomic E-state index is 2.21. The second-order valence-electron chi connectivity index (χ2n) is 6.29. The van der Waals surface area contributed by atoms with Gasteiger partial charge in [-0.15, -0.1) is 0 Å². The van der Waals surface area contributed by atoms with Crippen LogP contribution in [0.25, 0.3) is 32.3 Å². The lowest BCUT2D eigenvalue weighted by Gasteiger charge is -2.09. The fourth-order valence-electron chi connectivity index (χ4n) is 2.67. The van der Waals surface area contributed by atoms with Crippen LogP contribution in [0, 0.1) is 0 Å². The molecule has 0 saturated heterocycles. The average molecular weight is 319 g/mol. The van der Waals surface area contributed by atoms with Crippen molar-refractivity contribution >= 4 is 32.3 Å². The lowest BCUT2D eigenvalue weighted by Crippen LogP contribution is -1.82. The molecule has 0 radical (unpaired) electrons. The molecule has 4 rings (SSSR count). The molecule has 4 aromatic rings. The Bertz CT molecular complexity index is 720. The Morgan fingerprint density at radius 3 is 0.875 bits per heavy atom. The minimum atomic E-state index is 1.32. The molecule has 0 nitrogen and oxygen atoms in total. The monoisotopic (exact) mass is 318 g/mol. The zero-order valence-electron chi connectivity index (χ0n) is 15.6. The summed E-state index contributed by atoms with van der Waals surface area (Å²) in [6.07, 6.45) is 5.28. The van der Waals surface area contributed by atoms with Gasteiger partial charge in [-0.2, -0.15) is 0 Å². The molecule has 0 heterocycles. The summed E-state index contributed by atoms with van der Waals surface area (Å²) in [7, 11) is 0. The second kappa shape index (κ2) is 9.27. The van der Waals surface area contributed by atoms with Crippen LogP contribution in [0.15, 0.2) is 60.7 Å². The molecule has 0 bridgehead atoms. The fourth-order valence-corrected chi connectivity index (χ4v) is 2.67. The average Bonchev–Trinajstić information content (AvgIpc) is 2.66. The first-order valence-corrected chi connectivity index (χ1v) is 9.39. The molecule has 0 saturated carbocycles. The van der Waals surface area contributed by atoms with Crippen molar-refractivity contribution < 1.29 is 0 Å². The van der Waals surface area contributed by atoms with E-state index in [1.54, 1.807) is 0 Å². The van der Waals surface area contributed by atoms with Gasteiger partial charge >= 0.3 is 0 Å². The van der Waals surface area contributed by atoms with E-state index < -0.39 is 0 Å². The largest absolute Gasteiger partial charge is 0.0654 e. The molecular weight excluding hydrogens is 288 g/mol. The van der Waals surface area contributed by atoms with Gasteiger partial charge in [-0.3, -0.25) is 0 Å². The van der Waals surface area contributed by atoms with Crippen molar-refractivity contribution in [3.63, 3.8) is 0 Å². The van der Waals surface area contributed by atoms with Crippen LogP contribution in [0.4, 0.5) is 0 Å². The summed E-state index contributed by atoms with van der Waals surface area (Å²) in [5, 5.41) is 8.14. The molecule has 0 aliphatic rings. The molecule has 0 aliphatic carbocycles. The molecule has 0 spiro atoms. The lowest BCUT2D eigenvalue weighted by atomic mass is 9.95. The number of hydrogen-bond donors (Lipinski definition) is 0. The Morgan fingerprint density at radius 1 is 0.417 bits per heavy atom. The van der Waals surface area contributed by atoms with E-state index in [1.165, 1.54) is 58.0 Å². The molecule has 0 N–H and O–H groups in total. The molecule has 126 valence electrons. The number of hydrogen-bond acceptors (Lipinski definition) is 0. The predicted octanol–water partition coefficient (Wildman–Crippen LogP) is 8.20. The summed E-state index contributed by atoms with van der Waals surface area (Å²) < 4.78 is 0. The normalized spacial score (nSPS) is 10.3. The minimum Gasteiger partial charge on any atom is -0.0654 e. The van der Waals surface area contributed by atoms with Crippen molar-refractivity contribution in [3.05, 3.63) is 60.7 Å². The smallest absolute Gasteiger partial charge is 0.00268 e. The highest BCUT2D eigenvalue weighted by Gasteiger charge is 2.05. The maximum Gasteiger partial charge on any atom is -0.00268 e.